The average Bonchev–Trinajstić information content (AvgIpc) is 2.64. The number of nitrogens with one attached hydrogen (secondary N) is 1. The van der Waals surface area contributed by atoms with Gasteiger partial charge in [-0.1, -0.05) is 0 Å². The van der Waals surface area contributed by atoms with Gasteiger partial charge in [0, 0.05) is 27.1 Å². The molecule has 1 heterocycles. The number of carbonyl (C=O) groups excluding carboxylic acids is 1. The SMILES string of the molecule is CN(C)C(=O)CCNCC1CCSC1. The Morgan fingerprint density at radius 1 is 1.57 bits per heavy atom. The first-order chi connectivity index (χ1) is 6.70. The van der Waals surface area contributed by atoms with Gasteiger partial charge in [-0.2, -0.15) is 11.8 Å². The van der Waals surface area contributed by atoms with Gasteiger partial charge >= 0.3 is 0 Å². The molecule has 0 aliphatic carbocycles. The van der Waals surface area contributed by atoms with E-state index in [1.807, 2.05) is 11.8 Å². The molecule has 1 unspecified atom stereocenters. The minimum atomic E-state index is 0.207. The highest BCUT2D eigenvalue weighted by molar-refractivity contribution is 7.99. The lowest BCUT2D eigenvalue weighted by Gasteiger charge is -2.12. The number of carbonyl (C=O) groups is 1. The summed E-state index contributed by atoms with van der Waals surface area (Å²) in [6, 6.07) is 0. The molecular formula is C10H20N2OS. The quantitative estimate of drug-likeness (QED) is 0.690. The Morgan fingerprint density at radius 3 is 2.93 bits per heavy atom. The first-order valence-electron chi connectivity index (χ1n) is 5.18. The highest BCUT2D eigenvalue weighted by atomic mass is 32.2. The molecule has 3 nitrogen and oxygen atoms in total. The molecule has 0 aromatic rings. The summed E-state index contributed by atoms with van der Waals surface area (Å²) in [6.45, 7) is 1.89. The molecule has 1 rings (SSSR count). The second-order valence-electron chi connectivity index (χ2n) is 3.97. The largest absolute Gasteiger partial charge is 0.349 e. The van der Waals surface area contributed by atoms with Crippen LogP contribution in [-0.4, -0.2) is 49.5 Å². The number of nitrogens with zero attached hydrogens (tertiary/aromatic N) is 1. The van der Waals surface area contributed by atoms with E-state index in [2.05, 4.69) is 5.32 Å². The molecule has 14 heavy (non-hydrogen) atoms. The molecule has 1 saturated heterocycles. The van der Waals surface area contributed by atoms with E-state index in [0.717, 1.165) is 19.0 Å². The van der Waals surface area contributed by atoms with Crippen LogP contribution in [0.25, 0.3) is 0 Å². The van der Waals surface area contributed by atoms with Crippen molar-refractivity contribution in [1.82, 2.24) is 10.2 Å². The topological polar surface area (TPSA) is 32.3 Å². The van der Waals surface area contributed by atoms with E-state index in [1.54, 1.807) is 19.0 Å². The van der Waals surface area contributed by atoms with Gasteiger partial charge in [-0.25, -0.2) is 0 Å². The fourth-order valence-corrected chi connectivity index (χ4v) is 2.75. The van der Waals surface area contributed by atoms with Crippen molar-refractivity contribution in [3.05, 3.63) is 0 Å². The number of hydrogen-bond acceptors (Lipinski definition) is 3. The maximum Gasteiger partial charge on any atom is 0.223 e. The van der Waals surface area contributed by atoms with Crippen LogP contribution in [-0.2, 0) is 4.79 Å². The van der Waals surface area contributed by atoms with Gasteiger partial charge in [0.1, 0.15) is 0 Å². The first kappa shape index (κ1) is 11.9. The summed E-state index contributed by atoms with van der Waals surface area (Å²) >= 11 is 2.04. The van der Waals surface area contributed by atoms with Gasteiger partial charge in [0.2, 0.25) is 5.91 Å². The van der Waals surface area contributed by atoms with Gasteiger partial charge in [-0.15, -0.1) is 0 Å². The van der Waals surface area contributed by atoms with Crippen LogP contribution in [0.2, 0.25) is 0 Å². The fourth-order valence-electron chi connectivity index (χ4n) is 1.47. The minimum Gasteiger partial charge on any atom is -0.349 e. The van der Waals surface area contributed by atoms with Crippen LogP contribution in [0.5, 0.6) is 0 Å². The number of amides is 1. The number of thioether (sulfide) groups is 1. The highest BCUT2D eigenvalue weighted by Gasteiger charge is 2.14. The summed E-state index contributed by atoms with van der Waals surface area (Å²) in [5.74, 6) is 3.63. The van der Waals surface area contributed by atoms with Gasteiger partial charge in [0.25, 0.3) is 0 Å². The van der Waals surface area contributed by atoms with Crippen LogP contribution in [0.3, 0.4) is 0 Å². The third kappa shape index (κ3) is 4.33. The molecule has 1 atom stereocenters. The lowest BCUT2D eigenvalue weighted by atomic mass is 10.1. The molecular weight excluding hydrogens is 196 g/mol. The monoisotopic (exact) mass is 216 g/mol. The molecule has 1 amide bonds. The zero-order valence-electron chi connectivity index (χ0n) is 9.08. The summed E-state index contributed by atoms with van der Waals surface area (Å²) in [5.41, 5.74) is 0. The van der Waals surface area contributed by atoms with Gasteiger partial charge < -0.3 is 10.2 Å². The molecule has 0 aromatic carbocycles. The molecule has 1 fully saturated rings. The number of rotatable bonds is 5. The standard InChI is InChI=1S/C10H20N2OS/c1-12(2)10(13)3-5-11-7-9-4-6-14-8-9/h9,11H,3-8H2,1-2H3. The second-order valence-corrected chi connectivity index (χ2v) is 5.12. The van der Waals surface area contributed by atoms with E-state index < -0.39 is 0 Å². The van der Waals surface area contributed by atoms with E-state index in [-0.39, 0.29) is 5.91 Å². The fraction of sp³-hybridized carbons (Fsp3) is 0.900. The molecule has 0 radical (unpaired) electrons. The van der Waals surface area contributed by atoms with E-state index in [4.69, 9.17) is 0 Å². The smallest absolute Gasteiger partial charge is 0.223 e. The first-order valence-corrected chi connectivity index (χ1v) is 6.34. The molecule has 4 heteroatoms. The maximum absolute atomic E-state index is 11.2. The van der Waals surface area contributed by atoms with Gasteiger partial charge in [-0.05, 0) is 30.4 Å². The lowest BCUT2D eigenvalue weighted by molar-refractivity contribution is -0.128. The van der Waals surface area contributed by atoms with Crippen molar-refractivity contribution in [2.45, 2.75) is 12.8 Å². The van der Waals surface area contributed by atoms with Crippen LogP contribution >= 0.6 is 11.8 Å². The average molecular weight is 216 g/mol. The molecule has 1 aliphatic rings. The van der Waals surface area contributed by atoms with Crippen LogP contribution < -0.4 is 5.32 Å². The van der Waals surface area contributed by atoms with Crippen LogP contribution in [0, 0.1) is 5.92 Å². The zero-order valence-corrected chi connectivity index (χ0v) is 9.90. The van der Waals surface area contributed by atoms with Crippen LogP contribution in [0.15, 0.2) is 0 Å². The van der Waals surface area contributed by atoms with Crippen molar-refractivity contribution in [2.75, 3.05) is 38.7 Å². The van der Waals surface area contributed by atoms with Crippen LogP contribution in [0.1, 0.15) is 12.8 Å². The summed E-state index contributed by atoms with van der Waals surface area (Å²) in [4.78, 5) is 12.9. The van der Waals surface area contributed by atoms with E-state index >= 15 is 0 Å². The maximum atomic E-state index is 11.2. The van der Waals surface area contributed by atoms with Crippen molar-refractivity contribution in [3.63, 3.8) is 0 Å². The summed E-state index contributed by atoms with van der Waals surface area (Å²) < 4.78 is 0. The van der Waals surface area contributed by atoms with Crippen molar-refractivity contribution >= 4 is 17.7 Å². The van der Waals surface area contributed by atoms with Crippen molar-refractivity contribution < 1.29 is 4.79 Å². The summed E-state index contributed by atoms with van der Waals surface area (Å²) in [7, 11) is 3.60. The molecule has 1 aliphatic heterocycles. The summed E-state index contributed by atoms with van der Waals surface area (Å²) in [6.07, 6.45) is 1.95. The Balaban J connectivity index is 1.96. The Labute approximate surface area is 90.6 Å². The minimum absolute atomic E-state index is 0.207. The second kappa shape index (κ2) is 6.30. The number of hydrogen-bond donors (Lipinski definition) is 1. The molecule has 0 aromatic heterocycles. The molecule has 0 spiro atoms. The van der Waals surface area contributed by atoms with Gasteiger partial charge in [0.05, 0.1) is 0 Å². The van der Waals surface area contributed by atoms with Crippen LogP contribution in [0.4, 0.5) is 0 Å². The Kier molecular flexibility index (Phi) is 5.33. The third-order valence-electron chi connectivity index (χ3n) is 2.47. The van der Waals surface area contributed by atoms with Crippen molar-refractivity contribution in [2.24, 2.45) is 5.92 Å². The summed E-state index contributed by atoms with van der Waals surface area (Å²) in [5, 5.41) is 3.35. The van der Waals surface area contributed by atoms with Crippen molar-refractivity contribution in [3.8, 4) is 0 Å². The highest BCUT2D eigenvalue weighted by Crippen LogP contribution is 2.22. The zero-order chi connectivity index (χ0) is 10.4. The predicted molar refractivity (Wildman–Crippen MR) is 61.6 cm³/mol. The Bertz CT molecular complexity index is 179. The predicted octanol–water partition coefficient (Wildman–Crippen LogP) is 0.807. The third-order valence-corrected chi connectivity index (χ3v) is 3.70. The van der Waals surface area contributed by atoms with E-state index in [1.165, 1.54) is 17.9 Å². The molecule has 1 N–H and O–H groups in total. The molecule has 0 bridgehead atoms. The van der Waals surface area contributed by atoms with Crippen molar-refractivity contribution in [1.29, 1.82) is 0 Å². The lowest BCUT2D eigenvalue weighted by Crippen LogP contribution is -2.29. The van der Waals surface area contributed by atoms with Gasteiger partial charge in [-0.3, -0.25) is 4.79 Å². The Morgan fingerprint density at radius 2 is 2.36 bits per heavy atom. The van der Waals surface area contributed by atoms with E-state index in [0.29, 0.717) is 6.42 Å². The Hall–Kier alpha value is -0.220. The van der Waals surface area contributed by atoms with E-state index in [9.17, 15) is 4.79 Å². The molecule has 0 saturated carbocycles. The molecule has 82 valence electrons. The van der Waals surface area contributed by atoms with Gasteiger partial charge in [0.15, 0.2) is 0 Å². The normalized spacial score (nSPS) is 21.1.